The van der Waals surface area contributed by atoms with Crippen molar-refractivity contribution in [2.24, 2.45) is 0 Å². The molecular formula is C23H23N3O. The van der Waals surface area contributed by atoms with Gasteiger partial charge in [0.1, 0.15) is 0 Å². The van der Waals surface area contributed by atoms with Crippen LogP contribution in [0.25, 0.3) is 0 Å². The summed E-state index contributed by atoms with van der Waals surface area (Å²) in [6, 6.07) is 21.1. The SMILES string of the molecule is Cc1cnc(CN2CC(c3ccccc3)(c3ccccc3)CCC2=O)cn1. The van der Waals surface area contributed by atoms with E-state index in [1.54, 1.807) is 12.4 Å². The second kappa shape index (κ2) is 7.31. The quantitative estimate of drug-likeness (QED) is 0.711. The molecule has 2 aromatic carbocycles. The molecule has 0 spiro atoms. The Kier molecular flexibility index (Phi) is 4.71. The van der Waals surface area contributed by atoms with Gasteiger partial charge in [0, 0.05) is 24.6 Å². The van der Waals surface area contributed by atoms with Gasteiger partial charge in [0.25, 0.3) is 0 Å². The number of likely N-dealkylation sites (tertiary alicyclic amines) is 1. The van der Waals surface area contributed by atoms with Crippen molar-refractivity contribution in [3.05, 3.63) is 95.6 Å². The van der Waals surface area contributed by atoms with Gasteiger partial charge in [0.05, 0.1) is 24.1 Å². The zero-order chi connectivity index (χ0) is 18.7. The number of amides is 1. The average Bonchev–Trinajstić information content (AvgIpc) is 2.73. The number of piperidine rings is 1. The van der Waals surface area contributed by atoms with Crippen LogP contribution in [-0.2, 0) is 16.8 Å². The molecule has 4 heteroatoms. The molecule has 1 aromatic heterocycles. The molecule has 0 saturated carbocycles. The highest BCUT2D eigenvalue weighted by atomic mass is 16.2. The van der Waals surface area contributed by atoms with E-state index in [1.165, 1.54) is 11.1 Å². The molecule has 0 unspecified atom stereocenters. The summed E-state index contributed by atoms with van der Waals surface area (Å²) in [5.74, 6) is 0.180. The summed E-state index contributed by atoms with van der Waals surface area (Å²) in [4.78, 5) is 23.4. The molecule has 2 heterocycles. The number of rotatable bonds is 4. The Labute approximate surface area is 159 Å². The summed E-state index contributed by atoms with van der Waals surface area (Å²) in [6.45, 7) is 3.06. The smallest absolute Gasteiger partial charge is 0.223 e. The fourth-order valence-corrected chi connectivity index (χ4v) is 3.96. The van der Waals surface area contributed by atoms with E-state index >= 15 is 0 Å². The molecule has 0 bridgehead atoms. The lowest BCUT2D eigenvalue weighted by atomic mass is 9.69. The van der Waals surface area contributed by atoms with Crippen molar-refractivity contribution >= 4 is 5.91 Å². The van der Waals surface area contributed by atoms with Crippen LogP contribution in [-0.4, -0.2) is 27.3 Å². The fourth-order valence-electron chi connectivity index (χ4n) is 3.96. The third-order valence-corrected chi connectivity index (χ3v) is 5.42. The van der Waals surface area contributed by atoms with Crippen LogP contribution in [0.4, 0.5) is 0 Å². The van der Waals surface area contributed by atoms with E-state index in [2.05, 4.69) is 58.5 Å². The molecule has 0 N–H and O–H groups in total. The zero-order valence-corrected chi connectivity index (χ0v) is 15.5. The van der Waals surface area contributed by atoms with Gasteiger partial charge in [-0.2, -0.15) is 0 Å². The maximum atomic E-state index is 12.7. The second-order valence-electron chi connectivity index (χ2n) is 7.21. The predicted octanol–water partition coefficient (Wildman–Crippen LogP) is 3.89. The molecule has 1 aliphatic rings. The molecule has 1 saturated heterocycles. The summed E-state index contributed by atoms with van der Waals surface area (Å²) < 4.78 is 0. The lowest BCUT2D eigenvalue weighted by Gasteiger charge is -2.43. The van der Waals surface area contributed by atoms with Crippen molar-refractivity contribution in [1.82, 2.24) is 14.9 Å². The first kappa shape index (κ1) is 17.4. The van der Waals surface area contributed by atoms with Crippen LogP contribution in [0.3, 0.4) is 0 Å². The molecule has 4 rings (SSSR count). The largest absolute Gasteiger partial charge is 0.336 e. The van der Waals surface area contributed by atoms with Gasteiger partial charge in [-0.05, 0) is 24.5 Å². The lowest BCUT2D eigenvalue weighted by molar-refractivity contribution is -0.135. The van der Waals surface area contributed by atoms with E-state index in [1.807, 2.05) is 24.0 Å². The Bertz CT molecular complexity index is 868. The molecule has 1 fully saturated rings. The summed E-state index contributed by atoms with van der Waals surface area (Å²) >= 11 is 0. The molecule has 0 atom stereocenters. The van der Waals surface area contributed by atoms with Crippen molar-refractivity contribution < 1.29 is 4.79 Å². The van der Waals surface area contributed by atoms with Gasteiger partial charge in [0.15, 0.2) is 0 Å². The summed E-state index contributed by atoms with van der Waals surface area (Å²) in [7, 11) is 0. The number of carbonyl (C=O) groups excluding carboxylic acids is 1. The Balaban J connectivity index is 1.71. The molecule has 27 heavy (non-hydrogen) atoms. The highest BCUT2D eigenvalue weighted by molar-refractivity contribution is 5.78. The third kappa shape index (κ3) is 3.47. The third-order valence-electron chi connectivity index (χ3n) is 5.42. The Morgan fingerprint density at radius 1 is 0.926 bits per heavy atom. The first-order valence-electron chi connectivity index (χ1n) is 9.34. The molecule has 4 nitrogen and oxygen atoms in total. The molecule has 1 aliphatic heterocycles. The van der Waals surface area contributed by atoms with Gasteiger partial charge in [-0.15, -0.1) is 0 Å². The van der Waals surface area contributed by atoms with Crippen LogP contribution in [0, 0.1) is 6.92 Å². The van der Waals surface area contributed by atoms with Crippen LogP contribution >= 0.6 is 0 Å². The maximum Gasteiger partial charge on any atom is 0.223 e. The van der Waals surface area contributed by atoms with Crippen molar-refractivity contribution in [1.29, 1.82) is 0 Å². The van der Waals surface area contributed by atoms with Gasteiger partial charge in [-0.25, -0.2) is 0 Å². The fraction of sp³-hybridized carbons (Fsp3) is 0.261. The number of aromatic nitrogens is 2. The molecule has 0 radical (unpaired) electrons. The minimum Gasteiger partial charge on any atom is -0.336 e. The monoisotopic (exact) mass is 357 g/mol. The number of aryl methyl sites for hydroxylation is 1. The molecule has 3 aromatic rings. The van der Waals surface area contributed by atoms with Crippen LogP contribution in [0.1, 0.15) is 35.4 Å². The van der Waals surface area contributed by atoms with E-state index < -0.39 is 0 Å². The van der Waals surface area contributed by atoms with E-state index in [4.69, 9.17) is 0 Å². The number of nitrogens with zero attached hydrogens (tertiary/aromatic N) is 3. The highest BCUT2D eigenvalue weighted by Crippen LogP contribution is 2.40. The van der Waals surface area contributed by atoms with Gasteiger partial charge in [-0.3, -0.25) is 14.8 Å². The van der Waals surface area contributed by atoms with E-state index in [0.29, 0.717) is 19.5 Å². The van der Waals surface area contributed by atoms with E-state index in [0.717, 1.165) is 17.8 Å². The van der Waals surface area contributed by atoms with Gasteiger partial charge >= 0.3 is 0 Å². The van der Waals surface area contributed by atoms with Crippen molar-refractivity contribution in [2.75, 3.05) is 6.54 Å². The van der Waals surface area contributed by atoms with Gasteiger partial charge < -0.3 is 4.90 Å². The van der Waals surface area contributed by atoms with Gasteiger partial charge in [-0.1, -0.05) is 60.7 Å². The van der Waals surface area contributed by atoms with Crippen molar-refractivity contribution in [2.45, 2.75) is 31.7 Å². The Morgan fingerprint density at radius 2 is 1.56 bits per heavy atom. The second-order valence-corrected chi connectivity index (χ2v) is 7.21. The molecular weight excluding hydrogens is 334 g/mol. The van der Waals surface area contributed by atoms with Crippen molar-refractivity contribution in [3.63, 3.8) is 0 Å². The first-order chi connectivity index (χ1) is 13.2. The Morgan fingerprint density at radius 3 is 2.11 bits per heavy atom. The minimum atomic E-state index is -0.200. The van der Waals surface area contributed by atoms with E-state index in [9.17, 15) is 4.79 Å². The normalized spacial score (nSPS) is 16.3. The van der Waals surface area contributed by atoms with Crippen LogP contribution < -0.4 is 0 Å². The highest BCUT2D eigenvalue weighted by Gasteiger charge is 2.41. The minimum absolute atomic E-state index is 0.180. The van der Waals surface area contributed by atoms with Crippen LogP contribution in [0.5, 0.6) is 0 Å². The number of carbonyl (C=O) groups is 1. The van der Waals surface area contributed by atoms with E-state index in [-0.39, 0.29) is 11.3 Å². The number of hydrogen-bond donors (Lipinski definition) is 0. The topological polar surface area (TPSA) is 46.1 Å². The number of hydrogen-bond acceptors (Lipinski definition) is 3. The zero-order valence-electron chi connectivity index (χ0n) is 15.5. The first-order valence-corrected chi connectivity index (χ1v) is 9.34. The van der Waals surface area contributed by atoms with Crippen LogP contribution in [0.15, 0.2) is 73.1 Å². The standard InChI is InChI=1S/C23H23N3O/c1-18-14-25-21(15-24-18)16-26-17-23(13-12-22(26)27,19-8-4-2-5-9-19)20-10-6-3-7-11-20/h2-11,14-15H,12-13,16-17H2,1H3. The molecule has 0 aliphatic carbocycles. The molecule has 1 amide bonds. The average molecular weight is 357 g/mol. The van der Waals surface area contributed by atoms with Crippen molar-refractivity contribution in [3.8, 4) is 0 Å². The summed E-state index contributed by atoms with van der Waals surface area (Å²) in [5.41, 5.74) is 4.01. The molecule has 136 valence electrons. The van der Waals surface area contributed by atoms with Gasteiger partial charge in [0.2, 0.25) is 5.91 Å². The van der Waals surface area contributed by atoms with Crippen LogP contribution in [0.2, 0.25) is 0 Å². The Hall–Kier alpha value is -3.01. The number of benzene rings is 2. The summed E-state index contributed by atoms with van der Waals surface area (Å²) in [6.07, 6.45) is 4.87. The summed E-state index contributed by atoms with van der Waals surface area (Å²) in [5, 5.41) is 0. The predicted molar refractivity (Wildman–Crippen MR) is 105 cm³/mol. The maximum absolute atomic E-state index is 12.7. The lowest BCUT2D eigenvalue weighted by Crippen LogP contribution is -2.49.